The van der Waals surface area contributed by atoms with E-state index in [0.29, 0.717) is 0 Å². The molecule has 1 aliphatic rings. The highest BCUT2D eigenvalue weighted by Crippen LogP contribution is 2.12. The Labute approximate surface area is 88.3 Å². The van der Waals surface area contributed by atoms with E-state index < -0.39 is 0 Å². The number of carbonyl (C=O) groups is 1. The van der Waals surface area contributed by atoms with Gasteiger partial charge in [-0.2, -0.15) is 11.8 Å². The van der Waals surface area contributed by atoms with Gasteiger partial charge in [-0.3, -0.25) is 4.79 Å². The fourth-order valence-electron chi connectivity index (χ4n) is 1.53. The van der Waals surface area contributed by atoms with Crippen LogP contribution in [0.2, 0.25) is 0 Å². The van der Waals surface area contributed by atoms with Crippen LogP contribution in [0.5, 0.6) is 0 Å². The standard InChI is InChI=1S/C11H13NOS/c13-11(10-4-2-1-3-5-10)12-6-8-14-9-7-12/h1-5H,6-9H2. The van der Waals surface area contributed by atoms with E-state index in [9.17, 15) is 4.79 Å². The smallest absolute Gasteiger partial charge is 0.253 e. The minimum absolute atomic E-state index is 0.172. The average Bonchev–Trinajstić information content (AvgIpc) is 2.30. The summed E-state index contributed by atoms with van der Waals surface area (Å²) in [5.74, 6) is 2.31. The van der Waals surface area contributed by atoms with E-state index >= 15 is 0 Å². The second kappa shape index (κ2) is 4.51. The van der Waals surface area contributed by atoms with Gasteiger partial charge in [0.2, 0.25) is 0 Å². The van der Waals surface area contributed by atoms with Crippen molar-refractivity contribution >= 4 is 17.7 Å². The zero-order chi connectivity index (χ0) is 9.80. The molecule has 3 heteroatoms. The van der Waals surface area contributed by atoms with Gasteiger partial charge in [0.1, 0.15) is 0 Å². The molecule has 0 N–H and O–H groups in total. The van der Waals surface area contributed by atoms with Crippen molar-refractivity contribution in [2.24, 2.45) is 0 Å². The molecule has 1 aromatic rings. The number of thioether (sulfide) groups is 1. The molecule has 1 saturated heterocycles. The molecule has 1 amide bonds. The van der Waals surface area contributed by atoms with E-state index in [2.05, 4.69) is 0 Å². The van der Waals surface area contributed by atoms with Gasteiger partial charge >= 0.3 is 0 Å². The van der Waals surface area contributed by atoms with Crippen molar-refractivity contribution in [1.82, 2.24) is 4.90 Å². The Kier molecular flexibility index (Phi) is 3.09. The Morgan fingerprint density at radius 2 is 1.79 bits per heavy atom. The molecular weight excluding hydrogens is 194 g/mol. The highest BCUT2D eigenvalue weighted by atomic mass is 32.2. The molecule has 2 rings (SSSR count). The van der Waals surface area contributed by atoms with E-state index in [1.54, 1.807) is 0 Å². The SMILES string of the molecule is O=C(c1ccccc1)N1CCSCC1. The van der Waals surface area contributed by atoms with E-state index in [1.165, 1.54) is 0 Å². The lowest BCUT2D eigenvalue weighted by Crippen LogP contribution is -2.37. The number of carbonyl (C=O) groups excluding carboxylic acids is 1. The first kappa shape index (κ1) is 9.59. The van der Waals surface area contributed by atoms with E-state index in [1.807, 2.05) is 47.0 Å². The molecule has 14 heavy (non-hydrogen) atoms. The van der Waals surface area contributed by atoms with Crippen molar-refractivity contribution in [2.75, 3.05) is 24.6 Å². The van der Waals surface area contributed by atoms with Crippen molar-refractivity contribution in [1.29, 1.82) is 0 Å². The van der Waals surface area contributed by atoms with Gasteiger partial charge in [0.05, 0.1) is 0 Å². The number of benzene rings is 1. The maximum Gasteiger partial charge on any atom is 0.253 e. The lowest BCUT2D eigenvalue weighted by molar-refractivity contribution is 0.0772. The normalized spacial score (nSPS) is 16.7. The molecule has 0 atom stereocenters. The molecule has 74 valence electrons. The van der Waals surface area contributed by atoms with Gasteiger partial charge < -0.3 is 4.90 Å². The predicted octanol–water partition coefficient (Wildman–Crippen LogP) is 1.88. The van der Waals surface area contributed by atoms with Crippen LogP contribution in [-0.4, -0.2) is 35.4 Å². The summed E-state index contributed by atoms with van der Waals surface area (Å²) < 4.78 is 0. The third kappa shape index (κ3) is 2.10. The summed E-state index contributed by atoms with van der Waals surface area (Å²) >= 11 is 1.92. The molecule has 0 aromatic heterocycles. The van der Waals surface area contributed by atoms with Gasteiger partial charge in [-0.05, 0) is 12.1 Å². The van der Waals surface area contributed by atoms with Gasteiger partial charge in [0.15, 0.2) is 0 Å². The zero-order valence-electron chi connectivity index (χ0n) is 7.98. The first-order chi connectivity index (χ1) is 6.88. The zero-order valence-corrected chi connectivity index (χ0v) is 8.80. The number of nitrogens with zero attached hydrogens (tertiary/aromatic N) is 1. The lowest BCUT2D eigenvalue weighted by atomic mass is 10.2. The maximum absolute atomic E-state index is 11.9. The van der Waals surface area contributed by atoms with E-state index in [-0.39, 0.29) is 5.91 Å². The minimum Gasteiger partial charge on any atom is -0.337 e. The largest absolute Gasteiger partial charge is 0.337 e. The third-order valence-electron chi connectivity index (χ3n) is 2.32. The van der Waals surface area contributed by atoms with Crippen molar-refractivity contribution in [2.45, 2.75) is 0 Å². The van der Waals surface area contributed by atoms with Crippen molar-refractivity contribution in [3.63, 3.8) is 0 Å². The maximum atomic E-state index is 11.9. The predicted molar refractivity (Wildman–Crippen MR) is 59.7 cm³/mol. The van der Waals surface area contributed by atoms with Crippen LogP contribution in [0.3, 0.4) is 0 Å². The first-order valence-electron chi connectivity index (χ1n) is 4.80. The van der Waals surface area contributed by atoms with Crippen molar-refractivity contribution in [3.8, 4) is 0 Å². The van der Waals surface area contributed by atoms with Crippen molar-refractivity contribution < 1.29 is 4.79 Å². The molecule has 1 aromatic carbocycles. The molecule has 1 aliphatic heterocycles. The summed E-state index contributed by atoms with van der Waals surface area (Å²) in [7, 11) is 0. The van der Waals surface area contributed by atoms with E-state index in [4.69, 9.17) is 0 Å². The van der Waals surface area contributed by atoms with E-state index in [0.717, 1.165) is 30.2 Å². The summed E-state index contributed by atoms with van der Waals surface area (Å²) in [6.45, 7) is 1.77. The van der Waals surface area contributed by atoms with Crippen LogP contribution in [0.1, 0.15) is 10.4 Å². The molecular formula is C11H13NOS. The average molecular weight is 207 g/mol. The van der Waals surface area contributed by atoms with Crippen LogP contribution in [-0.2, 0) is 0 Å². The highest BCUT2D eigenvalue weighted by molar-refractivity contribution is 7.99. The monoisotopic (exact) mass is 207 g/mol. The Morgan fingerprint density at radius 1 is 1.14 bits per heavy atom. The van der Waals surface area contributed by atoms with Crippen LogP contribution >= 0.6 is 11.8 Å². The van der Waals surface area contributed by atoms with Crippen LogP contribution in [0.15, 0.2) is 30.3 Å². The fourth-order valence-corrected chi connectivity index (χ4v) is 2.43. The first-order valence-corrected chi connectivity index (χ1v) is 5.95. The molecule has 1 fully saturated rings. The number of rotatable bonds is 1. The van der Waals surface area contributed by atoms with Gasteiger partial charge in [-0.15, -0.1) is 0 Å². The molecule has 0 unspecified atom stereocenters. The molecule has 0 radical (unpaired) electrons. The fraction of sp³-hybridized carbons (Fsp3) is 0.364. The Bertz CT molecular complexity index is 306. The van der Waals surface area contributed by atoms with Crippen LogP contribution in [0.4, 0.5) is 0 Å². The molecule has 0 bridgehead atoms. The molecule has 0 spiro atoms. The topological polar surface area (TPSA) is 20.3 Å². The van der Waals surface area contributed by atoms with Gasteiger partial charge in [0.25, 0.3) is 5.91 Å². The summed E-state index contributed by atoms with van der Waals surface area (Å²) in [5, 5.41) is 0. The number of hydrogen-bond donors (Lipinski definition) is 0. The quantitative estimate of drug-likeness (QED) is 0.700. The van der Waals surface area contributed by atoms with Gasteiger partial charge in [-0.25, -0.2) is 0 Å². The van der Waals surface area contributed by atoms with Gasteiger partial charge in [0, 0.05) is 30.2 Å². The Morgan fingerprint density at radius 3 is 2.43 bits per heavy atom. The highest BCUT2D eigenvalue weighted by Gasteiger charge is 2.17. The van der Waals surface area contributed by atoms with Gasteiger partial charge in [-0.1, -0.05) is 18.2 Å². The molecule has 0 aliphatic carbocycles. The minimum atomic E-state index is 0.172. The Hall–Kier alpha value is -0.960. The summed E-state index contributed by atoms with van der Waals surface area (Å²) in [6.07, 6.45) is 0. The number of amides is 1. The lowest BCUT2D eigenvalue weighted by Gasteiger charge is -2.26. The third-order valence-corrected chi connectivity index (χ3v) is 3.26. The number of hydrogen-bond acceptors (Lipinski definition) is 2. The Balaban J connectivity index is 2.07. The molecule has 0 saturated carbocycles. The summed E-state index contributed by atoms with van der Waals surface area (Å²) in [4.78, 5) is 13.9. The second-order valence-electron chi connectivity index (χ2n) is 3.27. The van der Waals surface area contributed by atoms with Crippen LogP contribution in [0, 0.1) is 0 Å². The molecule has 2 nitrogen and oxygen atoms in total. The van der Waals surface area contributed by atoms with Crippen molar-refractivity contribution in [3.05, 3.63) is 35.9 Å². The summed E-state index contributed by atoms with van der Waals surface area (Å²) in [5.41, 5.74) is 0.805. The summed E-state index contributed by atoms with van der Waals surface area (Å²) in [6, 6.07) is 9.51. The van der Waals surface area contributed by atoms with Crippen LogP contribution in [0.25, 0.3) is 0 Å². The molecule has 1 heterocycles. The second-order valence-corrected chi connectivity index (χ2v) is 4.50. The van der Waals surface area contributed by atoms with Crippen LogP contribution < -0.4 is 0 Å².